The summed E-state index contributed by atoms with van der Waals surface area (Å²) >= 11 is 0. The van der Waals surface area contributed by atoms with E-state index in [0.29, 0.717) is 36.1 Å². The van der Waals surface area contributed by atoms with E-state index >= 15 is 0 Å². The van der Waals surface area contributed by atoms with Gasteiger partial charge in [0.2, 0.25) is 0 Å². The van der Waals surface area contributed by atoms with Crippen molar-refractivity contribution in [3.8, 4) is 11.5 Å². The molecule has 1 amide bonds. The standard InChI is InChI=1S/C22H29NO5S/c1-16(2)11-12-28-20-10-9-19(13-21(20)27-3)22(24)23-14-17-5-7-18(8-6-17)15-29(4,25)26/h5-10,13,16H,11-12,14-15H2,1-4H3,(H,23,24). The lowest BCUT2D eigenvalue weighted by Gasteiger charge is -2.13. The Morgan fingerprint density at radius 2 is 1.69 bits per heavy atom. The van der Waals surface area contributed by atoms with Crippen molar-refractivity contribution in [1.29, 1.82) is 0 Å². The van der Waals surface area contributed by atoms with Crippen molar-refractivity contribution in [3.05, 3.63) is 59.2 Å². The van der Waals surface area contributed by atoms with Crippen LogP contribution in [0.5, 0.6) is 11.5 Å². The summed E-state index contributed by atoms with van der Waals surface area (Å²) in [6, 6.07) is 12.3. The van der Waals surface area contributed by atoms with Crippen molar-refractivity contribution < 1.29 is 22.7 Å². The maximum Gasteiger partial charge on any atom is 0.251 e. The number of hydrogen-bond acceptors (Lipinski definition) is 5. The lowest BCUT2D eigenvalue weighted by Crippen LogP contribution is -2.22. The summed E-state index contributed by atoms with van der Waals surface area (Å²) < 4.78 is 33.8. The first-order chi connectivity index (χ1) is 13.7. The third kappa shape index (κ3) is 7.77. The maximum absolute atomic E-state index is 12.5. The van der Waals surface area contributed by atoms with E-state index in [1.165, 1.54) is 6.26 Å². The second-order valence-corrected chi connectivity index (χ2v) is 9.61. The number of ether oxygens (including phenoxy) is 2. The Hall–Kier alpha value is -2.54. The van der Waals surface area contributed by atoms with Gasteiger partial charge in [-0.3, -0.25) is 4.79 Å². The first-order valence-corrected chi connectivity index (χ1v) is 11.6. The van der Waals surface area contributed by atoms with Crippen LogP contribution in [0.2, 0.25) is 0 Å². The molecular formula is C22H29NO5S. The molecule has 0 radical (unpaired) electrons. The fourth-order valence-corrected chi connectivity index (χ4v) is 3.47. The second kappa shape index (κ2) is 10.3. The highest BCUT2D eigenvalue weighted by Crippen LogP contribution is 2.28. The molecule has 0 bridgehead atoms. The zero-order valence-electron chi connectivity index (χ0n) is 17.4. The van der Waals surface area contributed by atoms with Gasteiger partial charge >= 0.3 is 0 Å². The number of sulfone groups is 1. The molecule has 0 atom stereocenters. The van der Waals surface area contributed by atoms with Crippen LogP contribution in [0.15, 0.2) is 42.5 Å². The molecule has 2 rings (SSSR count). The third-order valence-corrected chi connectivity index (χ3v) is 5.14. The van der Waals surface area contributed by atoms with Gasteiger partial charge in [0.1, 0.15) is 0 Å². The molecule has 0 saturated heterocycles. The predicted octanol–water partition coefficient (Wildman–Crippen LogP) is 3.59. The van der Waals surface area contributed by atoms with Crippen LogP contribution in [-0.2, 0) is 22.1 Å². The van der Waals surface area contributed by atoms with E-state index in [2.05, 4.69) is 19.2 Å². The molecule has 6 nitrogen and oxygen atoms in total. The molecule has 0 unspecified atom stereocenters. The lowest BCUT2D eigenvalue weighted by atomic mass is 10.1. The van der Waals surface area contributed by atoms with Crippen LogP contribution < -0.4 is 14.8 Å². The van der Waals surface area contributed by atoms with Gasteiger partial charge < -0.3 is 14.8 Å². The number of nitrogens with one attached hydrogen (secondary N) is 1. The number of carbonyl (C=O) groups excluding carboxylic acids is 1. The van der Waals surface area contributed by atoms with E-state index in [1.54, 1.807) is 37.4 Å². The van der Waals surface area contributed by atoms with E-state index < -0.39 is 9.84 Å². The Morgan fingerprint density at radius 1 is 1.03 bits per heavy atom. The molecule has 0 fully saturated rings. The molecule has 2 aromatic carbocycles. The summed E-state index contributed by atoms with van der Waals surface area (Å²) in [4.78, 5) is 12.5. The Labute approximate surface area is 173 Å². The van der Waals surface area contributed by atoms with Crippen molar-refractivity contribution in [2.75, 3.05) is 20.0 Å². The molecular weight excluding hydrogens is 390 g/mol. The van der Waals surface area contributed by atoms with Crippen molar-refractivity contribution in [2.45, 2.75) is 32.6 Å². The van der Waals surface area contributed by atoms with Gasteiger partial charge in [0.25, 0.3) is 5.91 Å². The molecule has 158 valence electrons. The minimum Gasteiger partial charge on any atom is -0.493 e. The second-order valence-electron chi connectivity index (χ2n) is 7.47. The number of hydrogen-bond donors (Lipinski definition) is 1. The average Bonchev–Trinajstić information content (AvgIpc) is 2.66. The SMILES string of the molecule is COc1cc(C(=O)NCc2ccc(CS(C)(=O)=O)cc2)ccc1OCCC(C)C. The van der Waals surface area contributed by atoms with Crippen LogP contribution in [0.25, 0.3) is 0 Å². The zero-order chi connectivity index (χ0) is 21.4. The number of carbonyl (C=O) groups is 1. The Morgan fingerprint density at radius 3 is 2.28 bits per heavy atom. The first-order valence-electron chi connectivity index (χ1n) is 9.52. The number of rotatable bonds is 10. The fraction of sp³-hybridized carbons (Fsp3) is 0.409. The highest BCUT2D eigenvalue weighted by Gasteiger charge is 2.12. The van der Waals surface area contributed by atoms with Gasteiger partial charge in [-0.05, 0) is 41.7 Å². The van der Waals surface area contributed by atoms with Crippen LogP contribution in [0, 0.1) is 5.92 Å². The smallest absolute Gasteiger partial charge is 0.251 e. The maximum atomic E-state index is 12.5. The van der Waals surface area contributed by atoms with E-state index in [-0.39, 0.29) is 11.7 Å². The summed E-state index contributed by atoms with van der Waals surface area (Å²) in [5.74, 6) is 1.46. The molecule has 0 aromatic heterocycles. The van der Waals surface area contributed by atoms with Crippen LogP contribution in [-0.4, -0.2) is 34.3 Å². The van der Waals surface area contributed by atoms with Gasteiger partial charge in [0, 0.05) is 18.4 Å². The van der Waals surface area contributed by atoms with Gasteiger partial charge in [0.15, 0.2) is 21.3 Å². The normalized spacial score (nSPS) is 11.3. The minimum absolute atomic E-state index is 0.00498. The molecule has 1 N–H and O–H groups in total. The first kappa shape index (κ1) is 22.7. The highest BCUT2D eigenvalue weighted by atomic mass is 32.2. The van der Waals surface area contributed by atoms with Gasteiger partial charge in [0.05, 0.1) is 19.5 Å². The monoisotopic (exact) mass is 419 g/mol. The number of benzene rings is 2. The van der Waals surface area contributed by atoms with Crippen molar-refractivity contribution >= 4 is 15.7 Å². The van der Waals surface area contributed by atoms with Crippen molar-refractivity contribution in [2.24, 2.45) is 5.92 Å². The van der Waals surface area contributed by atoms with E-state index in [4.69, 9.17) is 9.47 Å². The van der Waals surface area contributed by atoms with Gasteiger partial charge in [-0.2, -0.15) is 0 Å². The molecule has 0 aliphatic rings. The molecule has 0 spiro atoms. The lowest BCUT2D eigenvalue weighted by molar-refractivity contribution is 0.0950. The number of amides is 1. The summed E-state index contributed by atoms with van der Waals surface area (Å²) in [5, 5.41) is 2.86. The summed E-state index contributed by atoms with van der Waals surface area (Å²) in [6.07, 6.45) is 2.14. The van der Waals surface area contributed by atoms with Crippen LogP contribution >= 0.6 is 0 Å². The van der Waals surface area contributed by atoms with Crippen LogP contribution in [0.3, 0.4) is 0 Å². The number of methoxy groups -OCH3 is 1. The van der Waals surface area contributed by atoms with Crippen LogP contribution in [0.4, 0.5) is 0 Å². The van der Waals surface area contributed by atoms with Crippen molar-refractivity contribution in [3.63, 3.8) is 0 Å². The quantitative estimate of drug-likeness (QED) is 0.636. The van der Waals surface area contributed by atoms with Crippen molar-refractivity contribution in [1.82, 2.24) is 5.32 Å². The molecule has 2 aromatic rings. The molecule has 0 heterocycles. The highest BCUT2D eigenvalue weighted by molar-refractivity contribution is 7.89. The predicted molar refractivity (Wildman–Crippen MR) is 114 cm³/mol. The van der Waals surface area contributed by atoms with Gasteiger partial charge in [-0.25, -0.2) is 8.42 Å². The summed E-state index contributed by atoms with van der Waals surface area (Å²) in [6.45, 7) is 5.20. The van der Waals surface area contributed by atoms with Gasteiger partial charge in [-0.1, -0.05) is 38.1 Å². The average molecular weight is 420 g/mol. The molecule has 0 aliphatic carbocycles. The zero-order valence-corrected chi connectivity index (χ0v) is 18.2. The summed E-state index contributed by atoms with van der Waals surface area (Å²) in [7, 11) is -1.52. The Balaban J connectivity index is 1.96. The Kier molecular flexibility index (Phi) is 8.08. The Bertz CT molecular complexity index is 921. The largest absolute Gasteiger partial charge is 0.493 e. The molecule has 7 heteroatoms. The minimum atomic E-state index is -3.06. The van der Waals surface area contributed by atoms with E-state index in [9.17, 15) is 13.2 Å². The van der Waals surface area contributed by atoms with E-state index in [1.807, 2.05) is 12.1 Å². The molecule has 0 aliphatic heterocycles. The summed E-state index contributed by atoms with van der Waals surface area (Å²) in [5.41, 5.74) is 2.09. The topological polar surface area (TPSA) is 81.7 Å². The third-order valence-electron chi connectivity index (χ3n) is 4.28. The fourth-order valence-electron chi connectivity index (χ4n) is 2.67. The molecule has 0 saturated carbocycles. The van der Waals surface area contributed by atoms with E-state index in [0.717, 1.165) is 17.5 Å². The van der Waals surface area contributed by atoms with Gasteiger partial charge in [-0.15, -0.1) is 0 Å². The van der Waals surface area contributed by atoms with Crippen LogP contribution in [0.1, 0.15) is 41.8 Å². The molecule has 29 heavy (non-hydrogen) atoms.